The Labute approximate surface area is 101 Å². The van der Waals surface area contributed by atoms with E-state index in [9.17, 15) is 0 Å². The minimum Gasteiger partial charge on any atom is -0.309 e. The van der Waals surface area contributed by atoms with Gasteiger partial charge in [-0.05, 0) is 42.9 Å². The molecule has 1 nitrogen and oxygen atoms in total. The molecule has 15 heavy (non-hydrogen) atoms. The van der Waals surface area contributed by atoms with Crippen LogP contribution in [0.2, 0.25) is 0 Å². The molecule has 0 heterocycles. The first-order valence-electron chi connectivity index (χ1n) is 5.99. The van der Waals surface area contributed by atoms with E-state index in [4.69, 9.17) is 0 Å². The van der Waals surface area contributed by atoms with Crippen LogP contribution in [0.25, 0.3) is 0 Å². The smallest absolute Gasteiger partial charge is 0.000113 e. The van der Waals surface area contributed by atoms with Crippen molar-refractivity contribution in [2.45, 2.75) is 46.3 Å². The molecule has 2 heteroatoms. The van der Waals surface area contributed by atoms with Gasteiger partial charge in [0.2, 0.25) is 0 Å². The first-order valence-corrected chi connectivity index (χ1v) is 7.04. The fraction of sp³-hybridized carbons (Fsp3) is 1.00. The molecule has 0 spiro atoms. The largest absolute Gasteiger partial charge is 0.309 e. The van der Waals surface area contributed by atoms with Crippen LogP contribution in [0.4, 0.5) is 0 Å². The number of hydrogen-bond acceptors (Lipinski definition) is 2. The summed E-state index contributed by atoms with van der Waals surface area (Å²) in [4.78, 5) is 2.29. The molecule has 1 atom stereocenters. The van der Waals surface area contributed by atoms with Gasteiger partial charge in [0, 0.05) is 6.54 Å². The first kappa shape index (κ1) is 15.3. The molecule has 0 N–H and O–H groups in total. The Kier molecular flexibility index (Phi) is 6.94. The Balaban J connectivity index is 3.90. The molecule has 0 aliphatic heterocycles. The molecule has 0 saturated carbocycles. The third-order valence-corrected chi connectivity index (χ3v) is 4.00. The molecule has 0 saturated heterocycles. The zero-order chi connectivity index (χ0) is 12.1. The van der Waals surface area contributed by atoms with E-state index < -0.39 is 0 Å². The Hall–Kier alpha value is 0.310. The maximum atomic E-state index is 2.40. The monoisotopic (exact) mass is 231 g/mol. The van der Waals surface area contributed by atoms with Gasteiger partial charge in [0.15, 0.2) is 0 Å². The summed E-state index contributed by atoms with van der Waals surface area (Å²) in [5.74, 6) is 2.07. The first-order chi connectivity index (χ1) is 6.73. The summed E-state index contributed by atoms with van der Waals surface area (Å²) < 4.78 is 0. The maximum Gasteiger partial charge on any atom is 0.000113 e. The minimum atomic E-state index is 0.477. The van der Waals surface area contributed by atoms with Gasteiger partial charge in [0.1, 0.15) is 0 Å². The zero-order valence-electron chi connectivity index (χ0n) is 11.6. The van der Waals surface area contributed by atoms with Gasteiger partial charge in [-0.2, -0.15) is 11.8 Å². The summed E-state index contributed by atoms with van der Waals surface area (Å²) in [6.45, 7) is 12.9. The lowest BCUT2D eigenvalue weighted by Crippen LogP contribution is -2.26. The zero-order valence-corrected chi connectivity index (χ0v) is 12.4. The van der Waals surface area contributed by atoms with E-state index in [1.807, 2.05) is 0 Å². The van der Waals surface area contributed by atoms with Crippen molar-refractivity contribution in [2.24, 2.45) is 11.3 Å². The van der Waals surface area contributed by atoms with Gasteiger partial charge in [0.25, 0.3) is 0 Å². The second-order valence-electron chi connectivity index (χ2n) is 6.10. The van der Waals surface area contributed by atoms with Gasteiger partial charge < -0.3 is 4.90 Å². The Morgan fingerprint density at radius 3 is 2.07 bits per heavy atom. The molecule has 0 aromatic heterocycles. The van der Waals surface area contributed by atoms with Gasteiger partial charge in [-0.25, -0.2) is 0 Å². The van der Waals surface area contributed by atoms with Crippen molar-refractivity contribution in [1.29, 1.82) is 0 Å². The third-order valence-electron chi connectivity index (χ3n) is 2.39. The second kappa shape index (κ2) is 6.80. The van der Waals surface area contributed by atoms with Crippen LogP contribution in [-0.2, 0) is 0 Å². The maximum absolute atomic E-state index is 2.40. The predicted molar refractivity (Wildman–Crippen MR) is 73.7 cm³/mol. The highest BCUT2D eigenvalue weighted by Crippen LogP contribution is 2.31. The van der Waals surface area contributed by atoms with Crippen LogP contribution < -0.4 is 0 Å². The molecule has 0 amide bonds. The van der Waals surface area contributed by atoms with Gasteiger partial charge in [-0.15, -0.1) is 0 Å². The third kappa shape index (κ3) is 9.25. The average Bonchev–Trinajstić information content (AvgIpc) is 1.98. The van der Waals surface area contributed by atoms with E-state index in [0.29, 0.717) is 5.41 Å². The average molecular weight is 231 g/mol. The quantitative estimate of drug-likeness (QED) is 0.656. The molecule has 1 unspecified atom stereocenters. The lowest BCUT2D eigenvalue weighted by atomic mass is 9.85. The molecule has 0 rings (SSSR count). The Morgan fingerprint density at radius 1 is 1.13 bits per heavy atom. The SMILES string of the molecule is CC(CN(C)C)CC(C)(C)CSC(C)C. The number of thioether (sulfide) groups is 1. The van der Waals surface area contributed by atoms with Gasteiger partial charge >= 0.3 is 0 Å². The van der Waals surface area contributed by atoms with Crippen molar-refractivity contribution in [3.8, 4) is 0 Å². The summed E-state index contributed by atoms with van der Waals surface area (Å²) in [7, 11) is 4.32. The van der Waals surface area contributed by atoms with Gasteiger partial charge in [0.05, 0.1) is 0 Å². The lowest BCUT2D eigenvalue weighted by molar-refractivity contribution is 0.256. The summed E-state index contributed by atoms with van der Waals surface area (Å²) in [6, 6.07) is 0. The van der Waals surface area contributed by atoms with Crippen LogP contribution in [0.15, 0.2) is 0 Å². The molecule has 0 aliphatic rings. The lowest BCUT2D eigenvalue weighted by Gasteiger charge is -2.29. The van der Waals surface area contributed by atoms with E-state index in [1.54, 1.807) is 0 Å². The Morgan fingerprint density at radius 2 is 1.67 bits per heavy atom. The van der Waals surface area contributed by atoms with Crippen molar-refractivity contribution in [2.75, 3.05) is 26.4 Å². The van der Waals surface area contributed by atoms with E-state index in [2.05, 4.69) is 65.4 Å². The number of rotatable bonds is 7. The minimum absolute atomic E-state index is 0.477. The predicted octanol–water partition coefficient (Wildman–Crippen LogP) is 3.74. The van der Waals surface area contributed by atoms with E-state index in [-0.39, 0.29) is 0 Å². The highest BCUT2D eigenvalue weighted by molar-refractivity contribution is 7.99. The summed E-state index contributed by atoms with van der Waals surface area (Å²) in [5.41, 5.74) is 0.477. The van der Waals surface area contributed by atoms with Crippen LogP contribution >= 0.6 is 11.8 Å². The topological polar surface area (TPSA) is 3.24 Å². The van der Waals surface area contributed by atoms with E-state index >= 15 is 0 Å². The molecule has 0 fully saturated rings. The highest BCUT2D eigenvalue weighted by atomic mass is 32.2. The summed E-state index contributed by atoms with van der Waals surface area (Å²) >= 11 is 2.09. The van der Waals surface area contributed by atoms with Crippen LogP contribution in [0.1, 0.15) is 41.0 Å². The molecular weight excluding hydrogens is 202 g/mol. The fourth-order valence-corrected chi connectivity index (χ4v) is 2.98. The van der Waals surface area contributed by atoms with Crippen molar-refractivity contribution in [3.63, 3.8) is 0 Å². The fourth-order valence-electron chi connectivity index (χ4n) is 2.08. The molecule has 0 aliphatic carbocycles. The second-order valence-corrected chi connectivity index (χ2v) is 7.66. The molecule has 0 bridgehead atoms. The van der Waals surface area contributed by atoms with Crippen molar-refractivity contribution in [1.82, 2.24) is 4.90 Å². The van der Waals surface area contributed by atoms with E-state index in [0.717, 1.165) is 11.2 Å². The van der Waals surface area contributed by atoms with Crippen LogP contribution in [0.5, 0.6) is 0 Å². The van der Waals surface area contributed by atoms with Crippen molar-refractivity contribution < 1.29 is 0 Å². The standard InChI is InChI=1S/C13H29NS/c1-11(2)15-10-13(4,5)8-12(3)9-14(6)7/h11-12H,8-10H2,1-7H3. The Bertz CT molecular complexity index is 164. The number of nitrogens with zero attached hydrogens (tertiary/aromatic N) is 1. The molecule has 0 aromatic carbocycles. The van der Waals surface area contributed by atoms with Crippen LogP contribution in [-0.4, -0.2) is 36.5 Å². The van der Waals surface area contributed by atoms with E-state index in [1.165, 1.54) is 18.7 Å². The highest BCUT2D eigenvalue weighted by Gasteiger charge is 2.21. The van der Waals surface area contributed by atoms with Gasteiger partial charge in [-0.3, -0.25) is 0 Å². The normalized spacial score (nSPS) is 15.0. The molecular formula is C13H29NS. The summed E-state index contributed by atoms with van der Waals surface area (Å²) in [5, 5.41) is 0.758. The van der Waals surface area contributed by atoms with Crippen LogP contribution in [0, 0.1) is 11.3 Å². The molecule has 92 valence electrons. The van der Waals surface area contributed by atoms with Crippen molar-refractivity contribution >= 4 is 11.8 Å². The molecule has 0 radical (unpaired) electrons. The van der Waals surface area contributed by atoms with Crippen molar-refractivity contribution in [3.05, 3.63) is 0 Å². The molecule has 0 aromatic rings. The van der Waals surface area contributed by atoms with Crippen LogP contribution in [0.3, 0.4) is 0 Å². The summed E-state index contributed by atoms with van der Waals surface area (Å²) in [6.07, 6.45) is 1.32. The van der Waals surface area contributed by atoms with Gasteiger partial charge in [-0.1, -0.05) is 34.6 Å². The number of hydrogen-bond donors (Lipinski definition) is 0.